The highest BCUT2D eigenvalue weighted by Gasteiger charge is 2.30. The summed E-state index contributed by atoms with van der Waals surface area (Å²) in [5.74, 6) is -0.165. The van der Waals surface area contributed by atoms with Crippen molar-refractivity contribution in [1.82, 2.24) is 15.1 Å². The summed E-state index contributed by atoms with van der Waals surface area (Å²) in [6, 6.07) is 3.70. The molecule has 1 aliphatic heterocycles. The highest BCUT2D eigenvalue weighted by molar-refractivity contribution is 7.12. The zero-order valence-corrected chi connectivity index (χ0v) is 15.1. The van der Waals surface area contributed by atoms with Crippen molar-refractivity contribution in [1.29, 1.82) is 0 Å². The number of hydrogen-bond acceptors (Lipinski definition) is 4. The zero-order chi connectivity index (χ0) is 17.5. The highest BCUT2D eigenvalue weighted by Crippen LogP contribution is 2.22. The summed E-state index contributed by atoms with van der Waals surface area (Å²) in [5.41, 5.74) is 0. The molecule has 24 heavy (non-hydrogen) atoms. The van der Waals surface area contributed by atoms with E-state index in [1.54, 1.807) is 4.90 Å². The number of piperidine rings is 1. The maximum Gasteiger partial charge on any atom is 0.263 e. The van der Waals surface area contributed by atoms with Crippen LogP contribution in [0.1, 0.15) is 36.4 Å². The molecule has 1 aromatic rings. The summed E-state index contributed by atoms with van der Waals surface area (Å²) in [6.45, 7) is 6.11. The fourth-order valence-electron chi connectivity index (χ4n) is 2.92. The molecule has 1 aliphatic rings. The second-order valence-corrected chi connectivity index (χ2v) is 6.80. The molecule has 1 N–H and O–H groups in total. The van der Waals surface area contributed by atoms with E-state index in [0.717, 1.165) is 4.88 Å². The van der Waals surface area contributed by atoms with Gasteiger partial charge < -0.3 is 15.1 Å². The van der Waals surface area contributed by atoms with Crippen LogP contribution in [0.25, 0.3) is 0 Å². The monoisotopic (exact) mass is 351 g/mol. The Kier molecular flexibility index (Phi) is 6.78. The van der Waals surface area contributed by atoms with Crippen molar-refractivity contribution < 1.29 is 14.4 Å². The van der Waals surface area contributed by atoms with Gasteiger partial charge in [-0.05, 0) is 38.1 Å². The van der Waals surface area contributed by atoms with Crippen molar-refractivity contribution in [2.75, 3.05) is 32.7 Å². The Labute approximate surface area is 146 Å². The molecule has 0 aliphatic carbocycles. The number of nitrogens with one attached hydrogen (secondary N) is 1. The lowest BCUT2D eigenvalue weighted by atomic mass is 9.95. The van der Waals surface area contributed by atoms with E-state index in [9.17, 15) is 14.4 Å². The molecule has 0 atom stereocenters. The number of hydrogen-bond donors (Lipinski definition) is 1. The lowest BCUT2D eigenvalue weighted by molar-refractivity contribution is -0.140. The van der Waals surface area contributed by atoms with Crippen molar-refractivity contribution in [3.8, 4) is 0 Å². The van der Waals surface area contributed by atoms with Crippen LogP contribution in [0.15, 0.2) is 17.5 Å². The number of likely N-dealkylation sites (tertiary alicyclic amines) is 1. The SMILES string of the molecule is CCNC(=O)CN(CC)C(=O)C1CCN(C(=O)c2cccs2)CC1. The Morgan fingerprint density at radius 2 is 2.00 bits per heavy atom. The zero-order valence-electron chi connectivity index (χ0n) is 14.3. The van der Waals surface area contributed by atoms with Gasteiger partial charge in [-0.1, -0.05) is 6.07 Å². The van der Waals surface area contributed by atoms with E-state index in [1.165, 1.54) is 11.3 Å². The number of amides is 3. The molecular formula is C17H25N3O3S. The van der Waals surface area contributed by atoms with Crippen LogP contribution in [0.4, 0.5) is 0 Å². The summed E-state index contributed by atoms with van der Waals surface area (Å²) < 4.78 is 0. The summed E-state index contributed by atoms with van der Waals surface area (Å²) in [6.07, 6.45) is 1.31. The van der Waals surface area contributed by atoms with Crippen LogP contribution in [0, 0.1) is 5.92 Å². The Bertz CT molecular complexity index is 566. The molecule has 1 saturated heterocycles. The Balaban J connectivity index is 1.87. The maximum atomic E-state index is 12.6. The van der Waals surface area contributed by atoms with Gasteiger partial charge in [0.25, 0.3) is 5.91 Å². The molecule has 0 unspecified atom stereocenters. The topological polar surface area (TPSA) is 69.7 Å². The third-order valence-corrected chi connectivity index (χ3v) is 5.12. The molecule has 7 heteroatoms. The number of carbonyl (C=O) groups is 3. The Morgan fingerprint density at radius 1 is 1.29 bits per heavy atom. The number of likely N-dealkylation sites (N-methyl/N-ethyl adjacent to an activating group) is 2. The normalized spacial score (nSPS) is 15.2. The van der Waals surface area contributed by atoms with E-state index in [-0.39, 0.29) is 30.2 Å². The molecule has 1 aromatic heterocycles. The van der Waals surface area contributed by atoms with Gasteiger partial charge in [-0.25, -0.2) is 0 Å². The first-order valence-corrected chi connectivity index (χ1v) is 9.33. The fourth-order valence-corrected chi connectivity index (χ4v) is 3.61. The van der Waals surface area contributed by atoms with E-state index >= 15 is 0 Å². The van der Waals surface area contributed by atoms with Crippen LogP contribution in [0.3, 0.4) is 0 Å². The first kappa shape index (κ1) is 18.4. The van der Waals surface area contributed by atoms with E-state index in [1.807, 2.05) is 36.3 Å². The van der Waals surface area contributed by atoms with Gasteiger partial charge in [0, 0.05) is 32.1 Å². The summed E-state index contributed by atoms with van der Waals surface area (Å²) >= 11 is 1.44. The third kappa shape index (κ3) is 4.56. The predicted octanol–water partition coefficient (Wildman–Crippen LogP) is 1.58. The number of thiophene rings is 1. The maximum absolute atomic E-state index is 12.6. The van der Waals surface area contributed by atoms with Gasteiger partial charge in [-0.2, -0.15) is 0 Å². The van der Waals surface area contributed by atoms with Gasteiger partial charge in [0.2, 0.25) is 11.8 Å². The number of rotatable bonds is 6. The van der Waals surface area contributed by atoms with Gasteiger partial charge >= 0.3 is 0 Å². The molecular weight excluding hydrogens is 326 g/mol. The van der Waals surface area contributed by atoms with Crippen LogP contribution in [0.2, 0.25) is 0 Å². The third-order valence-electron chi connectivity index (χ3n) is 4.27. The molecule has 132 valence electrons. The standard InChI is InChI=1S/C17H25N3O3S/c1-3-18-15(21)12-19(4-2)16(22)13-7-9-20(10-8-13)17(23)14-6-5-11-24-14/h5-6,11,13H,3-4,7-10,12H2,1-2H3,(H,18,21). The lowest BCUT2D eigenvalue weighted by Crippen LogP contribution is -2.47. The predicted molar refractivity (Wildman–Crippen MR) is 93.9 cm³/mol. The molecule has 0 radical (unpaired) electrons. The van der Waals surface area contributed by atoms with Crippen molar-refractivity contribution in [2.45, 2.75) is 26.7 Å². The van der Waals surface area contributed by atoms with Gasteiger partial charge in [0.15, 0.2) is 0 Å². The second-order valence-electron chi connectivity index (χ2n) is 5.85. The summed E-state index contributed by atoms with van der Waals surface area (Å²) in [7, 11) is 0. The van der Waals surface area contributed by atoms with Crippen molar-refractivity contribution >= 4 is 29.1 Å². The minimum Gasteiger partial charge on any atom is -0.355 e. The first-order chi connectivity index (χ1) is 11.6. The fraction of sp³-hybridized carbons (Fsp3) is 0.588. The smallest absolute Gasteiger partial charge is 0.263 e. The molecule has 3 amide bonds. The van der Waals surface area contributed by atoms with Crippen molar-refractivity contribution in [2.24, 2.45) is 5.92 Å². The van der Waals surface area contributed by atoms with Gasteiger partial charge in [0.1, 0.15) is 0 Å². The Morgan fingerprint density at radius 3 is 2.54 bits per heavy atom. The molecule has 2 heterocycles. The summed E-state index contributed by atoms with van der Waals surface area (Å²) in [5, 5.41) is 4.61. The van der Waals surface area contributed by atoms with Gasteiger partial charge in [-0.15, -0.1) is 11.3 Å². The summed E-state index contributed by atoms with van der Waals surface area (Å²) in [4.78, 5) is 40.8. The molecule has 0 bridgehead atoms. The largest absolute Gasteiger partial charge is 0.355 e. The van der Waals surface area contributed by atoms with Crippen LogP contribution < -0.4 is 5.32 Å². The quantitative estimate of drug-likeness (QED) is 0.846. The molecule has 2 rings (SSSR count). The second kappa shape index (κ2) is 8.82. The minimum absolute atomic E-state index is 0.0203. The van der Waals surface area contributed by atoms with E-state index < -0.39 is 0 Å². The van der Waals surface area contributed by atoms with Crippen LogP contribution in [0.5, 0.6) is 0 Å². The van der Waals surface area contributed by atoms with E-state index in [4.69, 9.17) is 0 Å². The molecule has 0 spiro atoms. The molecule has 0 aromatic carbocycles. The van der Waals surface area contributed by atoms with Crippen LogP contribution >= 0.6 is 11.3 Å². The van der Waals surface area contributed by atoms with Crippen LogP contribution in [-0.4, -0.2) is 60.2 Å². The average molecular weight is 351 g/mol. The minimum atomic E-state index is -0.127. The molecule has 0 saturated carbocycles. The van der Waals surface area contributed by atoms with E-state index in [2.05, 4.69) is 5.32 Å². The van der Waals surface area contributed by atoms with E-state index in [0.29, 0.717) is 39.0 Å². The van der Waals surface area contributed by atoms with Crippen molar-refractivity contribution in [3.05, 3.63) is 22.4 Å². The molecule has 1 fully saturated rings. The highest BCUT2D eigenvalue weighted by atomic mass is 32.1. The Hall–Kier alpha value is -1.89. The lowest BCUT2D eigenvalue weighted by Gasteiger charge is -2.33. The average Bonchev–Trinajstić information content (AvgIpc) is 3.13. The van der Waals surface area contributed by atoms with Crippen LogP contribution in [-0.2, 0) is 9.59 Å². The molecule has 6 nitrogen and oxygen atoms in total. The van der Waals surface area contributed by atoms with Gasteiger partial charge in [0.05, 0.1) is 11.4 Å². The van der Waals surface area contributed by atoms with Gasteiger partial charge in [-0.3, -0.25) is 14.4 Å². The van der Waals surface area contributed by atoms with Crippen molar-refractivity contribution in [3.63, 3.8) is 0 Å². The number of carbonyl (C=O) groups excluding carboxylic acids is 3. The number of nitrogens with zero attached hydrogens (tertiary/aromatic N) is 2. The first-order valence-electron chi connectivity index (χ1n) is 8.45.